The van der Waals surface area contributed by atoms with E-state index in [1.165, 1.54) is 6.20 Å². The molecule has 2 N–H and O–H groups in total. The van der Waals surface area contributed by atoms with Gasteiger partial charge in [-0.3, -0.25) is 9.59 Å². The SMILES string of the molecule is CC(C)(C)C(=O)Nc1cccc(NC(=O)c2ccc(-n3cccn3)nc2)c1. The van der Waals surface area contributed by atoms with Gasteiger partial charge in [0.05, 0.1) is 5.56 Å². The van der Waals surface area contributed by atoms with Crippen LogP contribution in [0.15, 0.2) is 61.1 Å². The summed E-state index contributed by atoms with van der Waals surface area (Å²) in [6, 6.07) is 12.2. The van der Waals surface area contributed by atoms with Gasteiger partial charge in [0.1, 0.15) is 0 Å². The summed E-state index contributed by atoms with van der Waals surface area (Å²) < 4.78 is 1.61. The van der Waals surface area contributed by atoms with Crippen LogP contribution in [0.25, 0.3) is 5.82 Å². The highest BCUT2D eigenvalue weighted by Crippen LogP contribution is 2.20. The van der Waals surface area contributed by atoms with Crippen molar-refractivity contribution in [2.45, 2.75) is 20.8 Å². The van der Waals surface area contributed by atoms with E-state index in [9.17, 15) is 9.59 Å². The molecule has 0 aliphatic carbocycles. The molecule has 0 bridgehead atoms. The van der Waals surface area contributed by atoms with Gasteiger partial charge in [0.15, 0.2) is 5.82 Å². The van der Waals surface area contributed by atoms with E-state index >= 15 is 0 Å². The number of carbonyl (C=O) groups is 2. The van der Waals surface area contributed by atoms with Gasteiger partial charge in [-0.15, -0.1) is 0 Å². The fourth-order valence-corrected chi connectivity index (χ4v) is 2.26. The summed E-state index contributed by atoms with van der Waals surface area (Å²) in [6.07, 6.45) is 4.94. The van der Waals surface area contributed by atoms with Crippen LogP contribution in [0.4, 0.5) is 11.4 Å². The Bertz CT molecular complexity index is 941. The molecule has 0 unspecified atom stereocenters. The van der Waals surface area contributed by atoms with Crippen LogP contribution < -0.4 is 10.6 Å². The van der Waals surface area contributed by atoms with Crippen molar-refractivity contribution in [2.75, 3.05) is 10.6 Å². The number of anilines is 2. The maximum atomic E-state index is 12.4. The molecule has 0 spiro atoms. The second-order valence-corrected chi connectivity index (χ2v) is 7.09. The van der Waals surface area contributed by atoms with Crippen LogP contribution >= 0.6 is 0 Å². The zero-order valence-corrected chi connectivity index (χ0v) is 15.4. The van der Waals surface area contributed by atoms with Crippen molar-refractivity contribution in [3.05, 3.63) is 66.6 Å². The predicted molar refractivity (Wildman–Crippen MR) is 104 cm³/mol. The van der Waals surface area contributed by atoms with Crippen LogP contribution in [0.3, 0.4) is 0 Å². The molecule has 7 heteroatoms. The van der Waals surface area contributed by atoms with E-state index in [2.05, 4.69) is 20.7 Å². The first-order valence-electron chi connectivity index (χ1n) is 8.52. The van der Waals surface area contributed by atoms with Crippen molar-refractivity contribution >= 4 is 23.2 Å². The van der Waals surface area contributed by atoms with E-state index in [-0.39, 0.29) is 11.8 Å². The summed E-state index contributed by atoms with van der Waals surface area (Å²) in [4.78, 5) is 28.8. The standard InChI is InChI=1S/C20H21N5O2/c1-20(2,3)19(27)24-16-7-4-6-15(12-16)23-18(26)14-8-9-17(21-13-14)25-11-5-10-22-25/h4-13H,1-3H3,(H,23,26)(H,24,27). The van der Waals surface area contributed by atoms with Gasteiger partial charge in [-0.1, -0.05) is 26.8 Å². The highest BCUT2D eigenvalue weighted by Gasteiger charge is 2.21. The molecule has 2 heterocycles. The highest BCUT2D eigenvalue weighted by atomic mass is 16.2. The van der Waals surface area contributed by atoms with Gasteiger partial charge >= 0.3 is 0 Å². The molecule has 0 aliphatic rings. The van der Waals surface area contributed by atoms with Crippen LogP contribution in [0.1, 0.15) is 31.1 Å². The van der Waals surface area contributed by atoms with Crippen molar-refractivity contribution in [2.24, 2.45) is 5.41 Å². The number of nitrogens with zero attached hydrogens (tertiary/aromatic N) is 3. The first kappa shape index (κ1) is 18.3. The van der Waals surface area contributed by atoms with Gasteiger partial charge in [-0.25, -0.2) is 9.67 Å². The monoisotopic (exact) mass is 363 g/mol. The number of pyridine rings is 1. The molecule has 0 aliphatic heterocycles. The lowest BCUT2D eigenvalue weighted by Crippen LogP contribution is -2.27. The van der Waals surface area contributed by atoms with E-state index < -0.39 is 5.41 Å². The molecule has 3 rings (SSSR count). The third kappa shape index (κ3) is 4.58. The van der Waals surface area contributed by atoms with Crippen LogP contribution in [-0.2, 0) is 4.79 Å². The van der Waals surface area contributed by atoms with Crippen molar-refractivity contribution in [3.63, 3.8) is 0 Å². The molecule has 0 atom stereocenters. The second-order valence-electron chi connectivity index (χ2n) is 7.09. The minimum atomic E-state index is -0.499. The molecule has 2 aromatic heterocycles. The summed E-state index contributed by atoms with van der Waals surface area (Å²) in [5.41, 5.74) is 1.14. The van der Waals surface area contributed by atoms with Gasteiger partial charge in [-0.2, -0.15) is 5.10 Å². The summed E-state index contributed by atoms with van der Waals surface area (Å²) >= 11 is 0. The van der Waals surface area contributed by atoms with Gasteiger partial charge < -0.3 is 10.6 Å². The van der Waals surface area contributed by atoms with Crippen molar-refractivity contribution in [1.82, 2.24) is 14.8 Å². The molecule has 2 amide bonds. The summed E-state index contributed by atoms with van der Waals surface area (Å²) in [5, 5.41) is 9.76. The lowest BCUT2D eigenvalue weighted by atomic mass is 9.95. The molecule has 138 valence electrons. The molecule has 1 aromatic carbocycles. The molecule has 0 radical (unpaired) electrons. The highest BCUT2D eigenvalue weighted by molar-refractivity contribution is 6.04. The van der Waals surface area contributed by atoms with Gasteiger partial charge in [0.2, 0.25) is 5.91 Å². The normalized spacial score (nSPS) is 11.1. The van der Waals surface area contributed by atoms with E-state index in [0.29, 0.717) is 22.8 Å². The fraction of sp³-hybridized carbons (Fsp3) is 0.200. The number of rotatable bonds is 4. The van der Waals surface area contributed by atoms with Crippen molar-refractivity contribution in [3.8, 4) is 5.82 Å². The number of amides is 2. The number of hydrogen-bond donors (Lipinski definition) is 2. The van der Waals surface area contributed by atoms with Crippen LogP contribution in [0.2, 0.25) is 0 Å². The molecule has 27 heavy (non-hydrogen) atoms. The molecule has 0 saturated carbocycles. The lowest BCUT2D eigenvalue weighted by Gasteiger charge is -2.18. The Kier molecular flexibility index (Phi) is 5.03. The van der Waals surface area contributed by atoms with E-state index in [4.69, 9.17) is 0 Å². The molecule has 7 nitrogen and oxygen atoms in total. The minimum Gasteiger partial charge on any atom is -0.326 e. The lowest BCUT2D eigenvalue weighted by molar-refractivity contribution is -0.123. The Morgan fingerprint density at radius 3 is 2.33 bits per heavy atom. The average Bonchev–Trinajstić information content (AvgIpc) is 3.16. The predicted octanol–water partition coefficient (Wildman–Crippen LogP) is 3.50. The first-order chi connectivity index (χ1) is 12.8. The Labute approximate surface area is 157 Å². The maximum Gasteiger partial charge on any atom is 0.257 e. The number of nitrogens with one attached hydrogen (secondary N) is 2. The Morgan fingerprint density at radius 1 is 1.00 bits per heavy atom. The Balaban J connectivity index is 1.69. The number of aromatic nitrogens is 3. The zero-order valence-electron chi connectivity index (χ0n) is 15.4. The summed E-state index contributed by atoms with van der Waals surface area (Å²) in [6.45, 7) is 5.52. The minimum absolute atomic E-state index is 0.0932. The average molecular weight is 363 g/mol. The van der Waals surface area contributed by atoms with E-state index in [1.54, 1.807) is 59.5 Å². The molecular weight excluding hydrogens is 342 g/mol. The Morgan fingerprint density at radius 2 is 1.74 bits per heavy atom. The Hall–Kier alpha value is -3.48. The van der Waals surface area contributed by atoms with Gasteiger partial charge in [-0.05, 0) is 36.4 Å². The number of benzene rings is 1. The third-order valence-electron chi connectivity index (χ3n) is 3.81. The van der Waals surface area contributed by atoms with Crippen molar-refractivity contribution < 1.29 is 9.59 Å². The quantitative estimate of drug-likeness (QED) is 0.742. The molecule has 0 saturated heterocycles. The van der Waals surface area contributed by atoms with Gasteiger partial charge in [0.25, 0.3) is 5.91 Å². The maximum absolute atomic E-state index is 12.4. The molecule has 0 fully saturated rings. The largest absolute Gasteiger partial charge is 0.326 e. The molecular formula is C20H21N5O2. The van der Waals surface area contributed by atoms with E-state index in [1.807, 2.05) is 20.8 Å². The van der Waals surface area contributed by atoms with Crippen molar-refractivity contribution in [1.29, 1.82) is 0 Å². The fourth-order valence-electron chi connectivity index (χ4n) is 2.26. The summed E-state index contributed by atoms with van der Waals surface area (Å²) in [5.74, 6) is 0.252. The second kappa shape index (κ2) is 7.41. The topological polar surface area (TPSA) is 88.9 Å². The smallest absolute Gasteiger partial charge is 0.257 e. The van der Waals surface area contributed by atoms with Crippen LogP contribution in [0.5, 0.6) is 0 Å². The number of hydrogen-bond acceptors (Lipinski definition) is 4. The van der Waals surface area contributed by atoms with E-state index in [0.717, 1.165) is 0 Å². The zero-order chi connectivity index (χ0) is 19.4. The number of carbonyl (C=O) groups excluding carboxylic acids is 2. The van der Waals surface area contributed by atoms with Crippen LogP contribution in [0, 0.1) is 5.41 Å². The summed E-state index contributed by atoms with van der Waals surface area (Å²) in [7, 11) is 0. The first-order valence-corrected chi connectivity index (χ1v) is 8.52. The van der Waals surface area contributed by atoms with Gasteiger partial charge in [0, 0.05) is 35.4 Å². The van der Waals surface area contributed by atoms with Crippen LogP contribution in [-0.4, -0.2) is 26.6 Å². The molecule has 3 aromatic rings. The third-order valence-corrected chi connectivity index (χ3v) is 3.81.